The second-order valence-corrected chi connectivity index (χ2v) is 9.92. The average molecular weight is 442 g/mol. The van der Waals surface area contributed by atoms with Crippen molar-refractivity contribution >= 4 is 29.2 Å². The molecule has 30 heavy (non-hydrogen) atoms. The summed E-state index contributed by atoms with van der Waals surface area (Å²) >= 11 is 12.3. The highest BCUT2D eigenvalue weighted by Crippen LogP contribution is 2.37. The lowest BCUT2D eigenvalue weighted by atomic mass is 9.95. The zero-order chi connectivity index (χ0) is 20.5. The van der Waals surface area contributed by atoms with Gasteiger partial charge in [0.2, 0.25) is 0 Å². The maximum atomic E-state index is 6.16. The van der Waals surface area contributed by atoms with Gasteiger partial charge in [-0.05, 0) is 86.8 Å². The van der Waals surface area contributed by atoms with Crippen molar-refractivity contribution in [3.05, 3.63) is 69.7 Å². The summed E-state index contributed by atoms with van der Waals surface area (Å²) in [7, 11) is 0. The monoisotopic (exact) mass is 441 g/mol. The summed E-state index contributed by atoms with van der Waals surface area (Å²) in [4.78, 5) is 7.78. The third-order valence-electron chi connectivity index (χ3n) is 6.93. The zero-order valence-electron chi connectivity index (χ0n) is 17.2. The molecule has 2 fully saturated rings. The molecule has 2 aromatic rings. The van der Waals surface area contributed by atoms with Crippen LogP contribution in [0, 0.1) is 0 Å². The average Bonchev–Trinajstić information content (AvgIpc) is 3.15. The first-order valence-corrected chi connectivity index (χ1v) is 12.0. The number of aryl methyl sites for hydroxylation is 2. The molecule has 0 saturated carbocycles. The van der Waals surface area contributed by atoms with Crippen molar-refractivity contribution in [2.75, 3.05) is 0 Å². The second-order valence-electron chi connectivity index (χ2n) is 9.05. The molecule has 0 spiro atoms. The smallest absolute Gasteiger partial charge is 0.194 e. The Balaban J connectivity index is 1.24. The van der Waals surface area contributed by atoms with E-state index in [1.54, 1.807) is 0 Å². The summed E-state index contributed by atoms with van der Waals surface area (Å²) in [6.07, 6.45) is 9.34. The number of halogens is 2. The fraction of sp³-hybridized carbons (Fsp3) is 0.480. The van der Waals surface area contributed by atoms with Gasteiger partial charge < -0.3 is 10.2 Å². The van der Waals surface area contributed by atoms with Crippen molar-refractivity contribution in [1.82, 2.24) is 10.2 Å². The van der Waals surface area contributed by atoms with E-state index < -0.39 is 0 Å². The fourth-order valence-corrected chi connectivity index (χ4v) is 5.92. The van der Waals surface area contributed by atoms with E-state index in [-0.39, 0.29) is 0 Å². The molecule has 158 valence electrons. The molecule has 0 bridgehead atoms. The van der Waals surface area contributed by atoms with Gasteiger partial charge in [0, 0.05) is 28.2 Å². The maximum Gasteiger partial charge on any atom is 0.194 e. The molecule has 0 radical (unpaired) electrons. The number of rotatable bonds is 6. The third-order valence-corrected chi connectivity index (χ3v) is 7.40. The number of aliphatic imine (C=N–C) groups is 1. The van der Waals surface area contributed by atoms with E-state index in [2.05, 4.69) is 34.5 Å². The second kappa shape index (κ2) is 8.80. The quantitative estimate of drug-likeness (QED) is 0.605. The minimum absolute atomic E-state index is 0.401. The van der Waals surface area contributed by atoms with E-state index in [1.807, 2.05) is 24.3 Å². The van der Waals surface area contributed by atoms with Gasteiger partial charge in [0.05, 0.1) is 6.04 Å². The Labute approximate surface area is 189 Å². The number of benzene rings is 2. The minimum atomic E-state index is 0.401. The predicted molar refractivity (Wildman–Crippen MR) is 126 cm³/mol. The highest BCUT2D eigenvalue weighted by Gasteiger charge is 2.43. The largest absolute Gasteiger partial charge is 0.353 e. The molecule has 4 atom stereocenters. The van der Waals surface area contributed by atoms with Gasteiger partial charge in [0.1, 0.15) is 0 Å². The summed E-state index contributed by atoms with van der Waals surface area (Å²) in [6, 6.07) is 18.7. The summed E-state index contributed by atoms with van der Waals surface area (Å²) in [6.45, 7) is 0. The van der Waals surface area contributed by atoms with Crippen molar-refractivity contribution in [1.29, 1.82) is 0 Å². The Bertz CT molecular complexity index is 928. The van der Waals surface area contributed by atoms with Gasteiger partial charge in [-0.1, -0.05) is 47.5 Å². The van der Waals surface area contributed by atoms with Crippen LogP contribution >= 0.6 is 23.2 Å². The van der Waals surface area contributed by atoms with Crippen molar-refractivity contribution < 1.29 is 0 Å². The molecule has 0 amide bonds. The van der Waals surface area contributed by atoms with Crippen molar-refractivity contribution in [2.24, 2.45) is 4.99 Å². The molecule has 2 aromatic carbocycles. The minimum Gasteiger partial charge on any atom is -0.353 e. The van der Waals surface area contributed by atoms with Crippen LogP contribution in [0.25, 0.3) is 0 Å². The molecular formula is C25H29Cl2N3. The molecule has 1 N–H and O–H groups in total. The first-order valence-electron chi connectivity index (χ1n) is 11.3. The van der Waals surface area contributed by atoms with Crippen LogP contribution in [0.1, 0.15) is 49.7 Å². The van der Waals surface area contributed by atoms with Gasteiger partial charge in [0.25, 0.3) is 0 Å². The van der Waals surface area contributed by atoms with Crippen LogP contribution in [-0.4, -0.2) is 35.0 Å². The lowest BCUT2D eigenvalue weighted by Gasteiger charge is -2.45. The Morgan fingerprint density at radius 3 is 2.17 bits per heavy atom. The van der Waals surface area contributed by atoms with Gasteiger partial charge in [0.15, 0.2) is 5.96 Å². The Hall–Kier alpha value is -1.71. The number of hydrogen-bond donors (Lipinski definition) is 1. The summed E-state index contributed by atoms with van der Waals surface area (Å²) in [5.74, 6) is 1.16. The zero-order valence-corrected chi connectivity index (χ0v) is 18.7. The Morgan fingerprint density at radius 1 is 0.867 bits per heavy atom. The van der Waals surface area contributed by atoms with E-state index in [4.69, 9.17) is 28.2 Å². The topological polar surface area (TPSA) is 27.6 Å². The van der Waals surface area contributed by atoms with Crippen LogP contribution in [0.15, 0.2) is 53.5 Å². The highest BCUT2D eigenvalue weighted by atomic mass is 35.5. The van der Waals surface area contributed by atoms with Crippen LogP contribution in [0.2, 0.25) is 10.0 Å². The predicted octanol–water partition coefficient (Wildman–Crippen LogP) is 5.88. The maximum absolute atomic E-state index is 6.16. The fourth-order valence-electron chi connectivity index (χ4n) is 5.49. The number of hydrogen-bond acceptors (Lipinski definition) is 3. The third kappa shape index (κ3) is 4.48. The molecule has 3 aliphatic heterocycles. The summed E-state index contributed by atoms with van der Waals surface area (Å²) < 4.78 is 0. The normalized spacial score (nSPS) is 27.4. The van der Waals surface area contributed by atoms with Crippen molar-refractivity contribution in [3.63, 3.8) is 0 Å². The lowest BCUT2D eigenvalue weighted by Crippen LogP contribution is -2.60. The van der Waals surface area contributed by atoms with E-state index >= 15 is 0 Å². The van der Waals surface area contributed by atoms with Gasteiger partial charge >= 0.3 is 0 Å². The molecule has 3 nitrogen and oxygen atoms in total. The van der Waals surface area contributed by atoms with Crippen molar-refractivity contribution in [2.45, 2.75) is 75.5 Å². The van der Waals surface area contributed by atoms with Gasteiger partial charge in [-0.25, -0.2) is 4.99 Å². The highest BCUT2D eigenvalue weighted by molar-refractivity contribution is 6.30. The molecule has 3 heterocycles. The van der Waals surface area contributed by atoms with Crippen LogP contribution in [0.4, 0.5) is 0 Å². The molecule has 0 aromatic heterocycles. The van der Waals surface area contributed by atoms with Crippen LogP contribution in [0.3, 0.4) is 0 Å². The van der Waals surface area contributed by atoms with E-state index in [1.165, 1.54) is 36.8 Å². The Morgan fingerprint density at radius 2 is 1.50 bits per heavy atom. The summed E-state index contributed by atoms with van der Waals surface area (Å²) in [5.41, 5.74) is 2.63. The van der Waals surface area contributed by atoms with E-state index in [0.717, 1.165) is 41.7 Å². The number of guanidine groups is 1. The van der Waals surface area contributed by atoms with Crippen LogP contribution in [-0.2, 0) is 12.8 Å². The van der Waals surface area contributed by atoms with E-state index in [9.17, 15) is 0 Å². The van der Waals surface area contributed by atoms with Gasteiger partial charge in [-0.15, -0.1) is 0 Å². The molecule has 0 unspecified atom stereocenters. The van der Waals surface area contributed by atoms with Crippen LogP contribution < -0.4 is 5.32 Å². The molecule has 3 aliphatic rings. The van der Waals surface area contributed by atoms with Crippen molar-refractivity contribution in [3.8, 4) is 0 Å². The Kier molecular flexibility index (Phi) is 5.93. The molecule has 5 heteroatoms. The lowest BCUT2D eigenvalue weighted by molar-refractivity contribution is 0.203. The summed E-state index contributed by atoms with van der Waals surface area (Å²) in [5, 5.41) is 5.45. The van der Waals surface area contributed by atoms with Crippen LogP contribution in [0.5, 0.6) is 0 Å². The standard InChI is InChI=1S/C25H29Cl2N3/c26-19-5-1-3-17(13-19)7-9-21-15-23-11-12-24-16-22(29-25(28-21)30(23)24)10-8-18-4-2-6-20(27)14-18/h1-6,13-14,21-24H,7-12,15-16H2,(H,28,29)/t21-,22+,23+,24-. The van der Waals surface area contributed by atoms with Gasteiger partial charge in [-0.2, -0.15) is 0 Å². The molecule has 2 saturated heterocycles. The number of nitrogens with one attached hydrogen (secondary N) is 1. The molecule has 0 aliphatic carbocycles. The first kappa shape index (κ1) is 20.2. The first-order chi connectivity index (χ1) is 14.6. The molecule has 5 rings (SSSR count). The number of nitrogens with zero attached hydrogens (tertiary/aromatic N) is 2. The SMILES string of the molecule is Clc1cccc(CC[C@@H]2C[C@@H]3CC[C@@H]4C[C@H](CCc5cccc(Cl)c5)NC(=N2)N43)c1. The van der Waals surface area contributed by atoms with E-state index in [0.29, 0.717) is 24.2 Å². The molecular weight excluding hydrogens is 413 g/mol. The van der Waals surface area contributed by atoms with Gasteiger partial charge in [-0.3, -0.25) is 0 Å².